The number of nitrogens with two attached hydrogens (primary N) is 1. The highest BCUT2D eigenvalue weighted by molar-refractivity contribution is 5.42. The maximum absolute atomic E-state index is 8.83. The van der Waals surface area contributed by atoms with E-state index in [0.29, 0.717) is 5.56 Å². The molecule has 2 N–H and O–H groups in total. The molecule has 0 saturated carbocycles. The fourth-order valence-electron chi connectivity index (χ4n) is 1.93. The second kappa shape index (κ2) is 4.82. The Labute approximate surface area is 101 Å². The van der Waals surface area contributed by atoms with Gasteiger partial charge in [-0.15, -0.1) is 0 Å². The van der Waals surface area contributed by atoms with Crippen molar-refractivity contribution in [2.45, 2.75) is 13.0 Å². The second-order valence-corrected chi connectivity index (χ2v) is 4.07. The molecule has 1 atom stereocenters. The van der Waals surface area contributed by atoms with E-state index in [1.54, 1.807) is 0 Å². The predicted octanol–water partition coefficient (Wildman–Crippen LogP) is 2.91. The van der Waals surface area contributed by atoms with Crippen molar-refractivity contribution in [2.24, 2.45) is 5.73 Å². The molecule has 0 aromatic heterocycles. The van der Waals surface area contributed by atoms with Gasteiger partial charge in [-0.05, 0) is 35.7 Å². The number of hydrogen-bond donors (Lipinski definition) is 1. The summed E-state index contributed by atoms with van der Waals surface area (Å²) in [4.78, 5) is 0. The lowest BCUT2D eigenvalue weighted by atomic mass is 9.95. The van der Waals surface area contributed by atoms with E-state index in [9.17, 15) is 0 Å². The standard InChI is InChI=1S/C15H14N2/c1-11-9-12(10-16)7-8-14(11)15(17)13-5-3-2-4-6-13/h2-9,15H,17H2,1H3. The summed E-state index contributed by atoms with van der Waals surface area (Å²) in [7, 11) is 0. The van der Waals surface area contributed by atoms with Crippen molar-refractivity contribution >= 4 is 0 Å². The molecule has 2 nitrogen and oxygen atoms in total. The molecule has 0 heterocycles. The fraction of sp³-hybridized carbons (Fsp3) is 0.133. The molecule has 0 radical (unpaired) electrons. The highest BCUT2D eigenvalue weighted by Gasteiger charge is 2.11. The van der Waals surface area contributed by atoms with Crippen molar-refractivity contribution in [3.63, 3.8) is 0 Å². The molecular formula is C15H14N2. The van der Waals surface area contributed by atoms with E-state index in [2.05, 4.69) is 6.07 Å². The smallest absolute Gasteiger partial charge is 0.0991 e. The molecule has 1 unspecified atom stereocenters. The quantitative estimate of drug-likeness (QED) is 0.849. The highest BCUT2D eigenvalue weighted by Crippen LogP contribution is 2.23. The molecule has 2 rings (SSSR count). The average Bonchev–Trinajstić information content (AvgIpc) is 2.39. The van der Waals surface area contributed by atoms with E-state index in [1.165, 1.54) is 0 Å². The average molecular weight is 222 g/mol. The van der Waals surface area contributed by atoms with E-state index in [4.69, 9.17) is 11.0 Å². The van der Waals surface area contributed by atoms with E-state index < -0.39 is 0 Å². The summed E-state index contributed by atoms with van der Waals surface area (Å²) in [6.07, 6.45) is 0. The van der Waals surface area contributed by atoms with E-state index in [-0.39, 0.29) is 6.04 Å². The minimum atomic E-state index is -0.135. The van der Waals surface area contributed by atoms with Gasteiger partial charge in [0.05, 0.1) is 17.7 Å². The molecule has 2 aromatic carbocycles. The van der Waals surface area contributed by atoms with Crippen LogP contribution in [0.1, 0.15) is 28.3 Å². The molecule has 0 spiro atoms. The number of hydrogen-bond acceptors (Lipinski definition) is 2. The monoisotopic (exact) mass is 222 g/mol. The van der Waals surface area contributed by atoms with Gasteiger partial charge in [0.2, 0.25) is 0 Å². The summed E-state index contributed by atoms with van der Waals surface area (Å²) >= 11 is 0. The van der Waals surface area contributed by atoms with Gasteiger partial charge in [-0.25, -0.2) is 0 Å². The SMILES string of the molecule is Cc1cc(C#N)ccc1C(N)c1ccccc1. The Hall–Kier alpha value is -2.11. The van der Waals surface area contributed by atoms with Crippen LogP contribution in [-0.4, -0.2) is 0 Å². The predicted molar refractivity (Wildman–Crippen MR) is 68.4 cm³/mol. The first-order chi connectivity index (χ1) is 8.22. The number of rotatable bonds is 2. The molecule has 0 aliphatic heterocycles. The molecule has 0 aliphatic rings. The van der Waals surface area contributed by atoms with Crippen molar-refractivity contribution in [3.05, 3.63) is 70.8 Å². The summed E-state index contributed by atoms with van der Waals surface area (Å²) in [5, 5.41) is 8.83. The number of nitriles is 1. The van der Waals surface area contributed by atoms with Gasteiger partial charge < -0.3 is 5.73 Å². The molecule has 0 amide bonds. The van der Waals surface area contributed by atoms with Crippen LogP contribution >= 0.6 is 0 Å². The van der Waals surface area contributed by atoms with Crippen molar-refractivity contribution in [2.75, 3.05) is 0 Å². The van der Waals surface area contributed by atoms with Crippen molar-refractivity contribution in [3.8, 4) is 6.07 Å². The van der Waals surface area contributed by atoms with Crippen LogP contribution in [0.5, 0.6) is 0 Å². The Balaban J connectivity index is 2.39. The molecule has 0 fully saturated rings. The summed E-state index contributed by atoms with van der Waals surface area (Å²) in [6.45, 7) is 1.99. The minimum Gasteiger partial charge on any atom is -0.320 e. The lowest BCUT2D eigenvalue weighted by Crippen LogP contribution is -2.13. The first kappa shape index (κ1) is 11.4. The zero-order valence-electron chi connectivity index (χ0n) is 9.72. The van der Waals surface area contributed by atoms with Crippen LogP contribution in [0.15, 0.2) is 48.5 Å². The van der Waals surface area contributed by atoms with Crippen LogP contribution in [0.2, 0.25) is 0 Å². The van der Waals surface area contributed by atoms with Crippen LogP contribution in [0.4, 0.5) is 0 Å². The van der Waals surface area contributed by atoms with Crippen LogP contribution in [0, 0.1) is 18.3 Å². The third kappa shape index (κ3) is 2.35. The second-order valence-electron chi connectivity index (χ2n) is 4.07. The van der Waals surface area contributed by atoms with Crippen molar-refractivity contribution < 1.29 is 0 Å². The Morgan fingerprint density at radius 1 is 1.12 bits per heavy atom. The molecule has 17 heavy (non-hydrogen) atoms. The fourth-order valence-corrected chi connectivity index (χ4v) is 1.93. The normalized spacial score (nSPS) is 11.8. The zero-order chi connectivity index (χ0) is 12.3. The van der Waals surface area contributed by atoms with Gasteiger partial charge in [-0.1, -0.05) is 36.4 Å². The van der Waals surface area contributed by atoms with Gasteiger partial charge >= 0.3 is 0 Å². The summed E-state index contributed by atoms with van der Waals surface area (Å²) in [5.74, 6) is 0. The molecule has 84 valence electrons. The van der Waals surface area contributed by atoms with Crippen LogP contribution < -0.4 is 5.73 Å². The van der Waals surface area contributed by atoms with Crippen molar-refractivity contribution in [1.82, 2.24) is 0 Å². The number of nitrogens with zero attached hydrogens (tertiary/aromatic N) is 1. The molecule has 0 aliphatic carbocycles. The molecular weight excluding hydrogens is 208 g/mol. The first-order valence-corrected chi connectivity index (χ1v) is 5.53. The minimum absolute atomic E-state index is 0.135. The highest BCUT2D eigenvalue weighted by atomic mass is 14.6. The van der Waals surface area contributed by atoms with Crippen LogP contribution in [0.25, 0.3) is 0 Å². The summed E-state index contributed by atoms with van der Waals surface area (Å²) in [5.41, 5.74) is 10.1. The van der Waals surface area contributed by atoms with Crippen LogP contribution in [0.3, 0.4) is 0 Å². The molecule has 2 heteroatoms. The van der Waals surface area contributed by atoms with Crippen LogP contribution in [-0.2, 0) is 0 Å². The lowest BCUT2D eigenvalue weighted by molar-refractivity contribution is 0.861. The van der Waals surface area contributed by atoms with Gasteiger partial charge in [0.1, 0.15) is 0 Å². The Morgan fingerprint density at radius 2 is 1.82 bits per heavy atom. The third-order valence-corrected chi connectivity index (χ3v) is 2.89. The van der Waals surface area contributed by atoms with Gasteiger partial charge in [0, 0.05) is 0 Å². The van der Waals surface area contributed by atoms with Gasteiger partial charge in [0.15, 0.2) is 0 Å². The summed E-state index contributed by atoms with van der Waals surface area (Å²) in [6, 6.07) is 17.6. The van der Waals surface area contributed by atoms with E-state index in [1.807, 2.05) is 55.5 Å². The number of benzene rings is 2. The largest absolute Gasteiger partial charge is 0.320 e. The van der Waals surface area contributed by atoms with E-state index >= 15 is 0 Å². The Bertz CT molecular complexity index is 553. The Kier molecular flexibility index (Phi) is 3.22. The summed E-state index contributed by atoms with van der Waals surface area (Å²) < 4.78 is 0. The lowest BCUT2D eigenvalue weighted by Gasteiger charge is -2.15. The van der Waals surface area contributed by atoms with Gasteiger partial charge in [-0.2, -0.15) is 5.26 Å². The maximum Gasteiger partial charge on any atom is 0.0991 e. The van der Waals surface area contributed by atoms with Gasteiger partial charge in [-0.3, -0.25) is 0 Å². The zero-order valence-corrected chi connectivity index (χ0v) is 9.72. The number of aryl methyl sites for hydroxylation is 1. The maximum atomic E-state index is 8.83. The third-order valence-electron chi connectivity index (χ3n) is 2.89. The first-order valence-electron chi connectivity index (χ1n) is 5.53. The Morgan fingerprint density at radius 3 is 2.41 bits per heavy atom. The topological polar surface area (TPSA) is 49.8 Å². The molecule has 0 saturated heterocycles. The van der Waals surface area contributed by atoms with Gasteiger partial charge in [0.25, 0.3) is 0 Å². The van der Waals surface area contributed by atoms with E-state index in [0.717, 1.165) is 16.7 Å². The molecule has 0 bridgehead atoms. The van der Waals surface area contributed by atoms with Crippen molar-refractivity contribution in [1.29, 1.82) is 5.26 Å². The molecule has 2 aromatic rings.